The average molecular weight is 225 g/mol. The van der Waals surface area contributed by atoms with Crippen molar-refractivity contribution in [1.29, 1.82) is 0 Å². The Morgan fingerprint density at radius 2 is 2.14 bits per heavy atom. The number of halogens is 4. The molecule has 0 aliphatic heterocycles. The number of hydrogen-bond acceptors (Lipinski definition) is 3. The van der Waals surface area contributed by atoms with E-state index >= 15 is 0 Å². The molecule has 2 N–H and O–H groups in total. The van der Waals surface area contributed by atoms with Gasteiger partial charge in [0.15, 0.2) is 11.6 Å². The number of carbonyl (C=O) groups is 1. The van der Waals surface area contributed by atoms with Crippen LogP contribution in [0.1, 0.15) is 22.5 Å². The highest BCUT2D eigenvalue weighted by molar-refractivity contribution is 6.67. The number of carbonyl (C=O) groups excluding carboxylic acids is 1. The topological polar surface area (TPSA) is 56.0 Å². The molecule has 0 amide bonds. The van der Waals surface area contributed by atoms with Gasteiger partial charge in [-0.05, 0) is 17.7 Å². The summed E-state index contributed by atoms with van der Waals surface area (Å²) in [6, 6.07) is 0.541. The summed E-state index contributed by atoms with van der Waals surface area (Å²) < 4.78 is 37.2. The van der Waals surface area contributed by atoms with Crippen LogP contribution in [0, 0.1) is 5.82 Å². The maximum atomic E-state index is 12.7. The quantitative estimate of drug-likeness (QED) is 0.783. The molecule has 1 aromatic heterocycles. The monoisotopic (exact) mass is 224 g/mol. The molecule has 0 bridgehead atoms. The molecule has 1 aromatic rings. The largest absolute Gasteiger partial charge is 0.381 e. The fourth-order valence-electron chi connectivity index (χ4n) is 0.842. The molecule has 0 radical (unpaired) electrons. The van der Waals surface area contributed by atoms with Crippen LogP contribution in [-0.2, 0) is 0 Å². The first-order chi connectivity index (χ1) is 6.43. The van der Waals surface area contributed by atoms with Gasteiger partial charge < -0.3 is 5.73 Å². The summed E-state index contributed by atoms with van der Waals surface area (Å²) in [5.74, 6) is -1.75. The molecule has 0 spiro atoms. The maximum absolute atomic E-state index is 12.7. The minimum absolute atomic E-state index is 0.541. The summed E-state index contributed by atoms with van der Waals surface area (Å²) >= 11 is 4.96. The Morgan fingerprint density at radius 3 is 2.57 bits per heavy atom. The Balaban J connectivity index is 3.39. The Labute approximate surface area is 81.7 Å². The number of aromatic nitrogens is 1. The van der Waals surface area contributed by atoms with Crippen LogP contribution in [0.3, 0.4) is 0 Å². The van der Waals surface area contributed by atoms with Crippen LogP contribution in [0.2, 0.25) is 0 Å². The summed E-state index contributed by atoms with van der Waals surface area (Å²) in [6.45, 7) is 0. The highest BCUT2D eigenvalue weighted by atomic mass is 35.5. The second-order valence-electron chi connectivity index (χ2n) is 2.36. The highest BCUT2D eigenvalue weighted by Crippen LogP contribution is 2.24. The van der Waals surface area contributed by atoms with E-state index in [1.807, 2.05) is 0 Å². The summed E-state index contributed by atoms with van der Waals surface area (Å²) in [7, 11) is 0. The first kappa shape index (κ1) is 10.8. The first-order valence-electron chi connectivity index (χ1n) is 3.37. The summed E-state index contributed by atoms with van der Waals surface area (Å²) in [5.41, 5.74) is 3.37. The maximum Gasteiger partial charge on any atom is 0.281 e. The van der Waals surface area contributed by atoms with E-state index in [-0.39, 0.29) is 0 Å². The van der Waals surface area contributed by atoms with E-state index in [1.54, 1.807) is 0 Å². The van der Waals surface area contributed by atoms with Gasteiger partial charge >= 0.3 is 0 Å². The van der Waals surface area contributed by atoms with Crippen molar-refractivity contribution < 1.29 is 18.0 Å². The molecular formula is C7H4ClF3N2O. The van der Waals surface area contributed by atoms with Gasteiger partial charge in [0.25, 0.3) is 11.7 Å². The van der Waals surface area contributed by atoms with Crippen LogP contribution in [0.4, 0.5) is 19.0 Å². The van der Waals surface area contributed by atoms with Crippen molar-refractivity contribution >= 4 is 22.7 Å². The van der Waals surface area contributed by atoms with E-state index in [2.05, 4.69) is 4.98 Å². The third kappa shape index (κ3) is 1.95. The molecule has 76 valence electrons. The molecule has 14 heavy (non-hydrogen) atoms. The Morgan fingerprint density at radius 1 is 1.57 bits per heavy atom. The van der Waals surface area contributed by atoms with Crippen LogP contribution in [0.5, 0.6) is 0 Å². The Bertz CT molecular complexity index is 383. The molecule has 0 atom stereocenters. The summed E-state index contributed by atoms with van der Waals surface area (Å²) in [5, 5.41) is -1.20. The Kier molecular flexibility index (Phi) is 2.95. The number of nitrogens with two attached hydrogens (primary N) is 1. The highest BCUT2D eigenvalue weighted by Gasteiger charge is 2.21. The zero-order chi connectivity index (χ0) is 10.9. The van der Waals surface area contributed by atoms with E-state index in [4.69, 9.17) is 17.3 Å². The number of nitrogen functional groups attached to an aromatic ring is 1. The number of hydrogen-bond donors (Lipinski definition) is 1. The van der Waals surface area contributed by atoms with Crippen LogP contribution in [0.25, 0.3) is 0 Å². The van der Waals surface area contributed by atoms with Crippen molar-refractivity contribution in [1.82, 2.24) is 4.98 Å². The lowest BCUT2D eigenvalue weighted by Crippen LogP contribution is -2.06. The molecule has 1 heterocycles. The molecule has 0 saturated heterocycles. The number of pyridine rings is 1. The van der Waals surface area contributed by atoms with Gasteiger partial charge in [0, 0.05) is 0 Å². The molecule has 0 aliphatic rings. The third-order valence-electron chi connectivity index (χ3n) is 1.45. The van der Waals surface area contributed by atoms with E-state index in [0.717, 1.165) is 0 Å². The fourth-order valence-corrected chi connectivity index (χ4v) is 0.993. The van der Waals surface area contributed by atoms with Gasteiger partial charge in [-0.1, -0.05) is 0 Å². The standard InChI is InChI=1S/C7H4ClF3N2O/c8-5(14)2-1-3(9)7(12)13-4(2)6(10)11/h1,6H,(H2,12,13). The molecule has 7 heteroatoms. The van der Waals surface area contributed by atoms with Crippen LogP contribution in [0.15, 0.2) is 6.07 Å². The predicted molar refractivity (Wildman–Crippen MR) is 43.7 cm³/mol. The van der Waals surface area contributed by atoms with Crippen LogP contribution in [-0.4, -0.2) is 10.2 Å². The minimum Gasteiger partial charge on any atom is -0.381 e. The number of alkyl halides is 2. The van der Waals surface area contributed by atoms with Gasteiger partial charge in [0.1, 0.15) is 5.69 Å². The normalized spacial score (nSPS) is 10.6. The van der Waals surface area contributed by atoms with Crippen molar-refractivity contribution in [2.75, 3.05) is 5.73 Å². The van der Waals surface area contributed by atoms with Gasteiger partial charge in [0.2, 0.25) is 0 Å². The summed E-state index contributed by atoms with van der Waals surface area (Å²) in [4.78, 5) is 13.7. The molecule has 0 aromatic carbocycles. The van der Waals surface area contributed by atoms with Gasteiger partial charge in [-0.25, -0.2) is 18.2 Å². The smallest absolute Gasteiger partial charge is 0.281 e. The van der Waals surface area contributed by atoms with Crippen molar-refractivity contribution in [2.45, 2.75) is 6.43 Å². The lowest BCUT2D eigenvalue weighted by atomic mass is 10.2. The van der Waals surface area contributed by atoms with Gasteiger partial charge in [0.05, 0.1) is 5.56 Å². The second-order valence-corrected chi connectivity index (χ2v) is 2.71. The zero-order valence-corrected chi connectivity index (χ0v) is 7.36. The lowest BCUT2D eigenvalue weighted by Gasteiger charge is -2.05. The molecular weight excluding hydrogens is 221 g/mol. The Hall–Kier alpha value is -1.30. The van der Waals surface area contributed by atoms with Crippen molar-refractivity contribution in [2.24, 2.45) is 0 Å². The van der Waals surface area contributed by atoms with Gasteiger partial charge in [-0.2, -0.15) is 0 Å². The van der Waals surface area contributed by atoms with E-state index in [0.29, 0.717) is 6.07 Å². The molecule has 1 rings (SSSR count). The molecule has 0 fully saturated rings. The van der Waals surface area contributed by atoms with E-state index < -0.39 is 34.6 Å². The van der Waals surface area contributed by atoms with Crippen molar-refractivity contribution in [3.05, 3.63) is 23.1 Å². The van der Waals surface area contributed by atoms with E-state index in [1.165, 1.54) is 0 Å². The second kappa shape index (κ2) is 3.83. The zero-order valence-electron chi connectivity index (χ0n) is 6.60. The summed E-state index contributed by atoms with van der Waals surface area (Å²) in [6.07, 6.45) is -3.03. The SMILES string of the molecule is Nc1nc(C(F)F)c(C(=O)Cl)cc1F. The minimum atomic E-state index is -3.03. The number of nitrogens with zero attached hydrogens (tertiary/aromatic N) is 1. The van der Waals surface area contributed by atoms with E-state index in [9.17, 15) is 18.0 Å². The van der Waals surface area contributed by atoms with Crippen molar-refractivity contribution in [3.8, 4) is 0 Å². The van der Waals surface area contributed by atoms with Gasteiger partial charge in [-0.15, -0.1) is 0 Å². The molecule has 0 aliphatic carbocycles. The van der Waals surface area contributed by atoms with Crippen LogP contribution >= 0.6 is 11.6 Å². The number of rotatable bonds is 2. The number of anilines is 1. The van der Waals surface area contributed by atoms with Crippen molar-refractivity contribution in [3.63, 3.8) is 0 Å². The van der Waals surface area contributed by atoms with Crippen LogP contribution < -0.4 is 5.73 Å². The average Bonchev–Trinajstić information content (AvgIpc) is 2.08. The lowest BCUT2D eigenvalue weighted by molar-refractivity contribution is 0.106. The van der Waals surface area contributed by atoms with Gasteiger partial charge in [-0.3, -0.25) is 4.79 Å². The first-order valence-corrected chi connectivity index (χ1v) is 3.75. The fraction of sp³-hybridized carbons (Fsp3) is 0.143. The molecule has 3 nitrogen and oxygen atoms in total. The predicted octanol–water partition coefficient (Wildman–Crippen LogP) is 2.12. The molecule has 0 unspecified atom stereocenters. The molecule has 0 saturated carbocycles. The third-order valence-corrected chi connectivity index (χ3v) is 1.65.